The molecule has 8 heavy (non-hydrogen) atoms. The van der Waals surface area contributed by atoms with Gasteiger partial charge in [-0.2, -0.15) is 0 Å². The lowest BCUT2D eigenvalue weighted by Crippen LogP contribution is -1.78. The highest BCUT2D eigenvalue weighted by molar-refractivity contribution is 5.52. The Hall–Kier alpha value is -1.02. The molecular formula is C4H8N4. The minimum Gasteiger partial charge on any atom is -0.313 e. The van der Waals surface area contributed by atoms with Gasteiger partial charge in [0.05, 0.1) is 0 Å². The van der Waals surface area contributed by atoms with Crippen molar-refractivity contribution < 1.29 is 0 Å². The molecule has 0 fully saturated rings. The smallest absolute Gasteiger partial charge is 0.0261 e. The summed E-state index contributed by atoms with van der Waals surface area (Å²) >= 11 is 0. The lowest BCUT2D eigenvalue weighted by atomic mass is 10.3. The molecule has 1 N–H and O–H groups in total. The van der Waals surface area contributed by atoms with Crippen molar-refractivity contribution in [2.24, 2.45) is 5.11 Å². The third kappa shape index (κ3) is 4.98. The maximum atomic E-state index is 7.77. The summed E-state index contributed by atoms with van der Waals surface area (Å²) < 4.78 is 0. The summed E-state index contributed by atoms with van der Waals surface area (Å²) in [5, 5.41) is 9.86. The van der Waals surface area contributed by atoms with Crippen LogP contribution < -0.4 is 0 Å². The third-order valence-electron chi connectivity index (χ3n) is 0.670. The van der Waals surface area contributed by atoms with Gasteiger partial charge in [-0.3, -0.25) is 0 Å². The normalized spacial score (nSPS) is 7.50. The van der Waals surface area contributed by atoms with Gasteiger partial charge < -0.3 is 5.41 Å². The van der Waals surface area contributed by atoms with Crippen molar-refractivity contribution in [3.63, 3.8) is 0 Å². The van der Waals surface area contributed by atoms with Gasteiger partial charge in [0.25, 0.3) is 0 Å². The van der Waals surface area contributed by atoms with Gasteiger partial charge in [-0.05, 0) is 24.6 Å². The second-order valence-electron chi connectivity index (χ2n) is 1.30. The standard InChI is InChI=1S/C4H8N4/c5-3-1-2-4-7-8-6/h3,5H,1-2,4H2. The van der Waals surface area contributed by atoms with E-state index in [1.54, 1.807) is 0 Å². The van der Waals surface area contributed by atoms with Crippen LogP contribution in [-0.2, 0) is 0 Å². The molecule has 0 atom stereocenters. The molecule has 0 aliphatic rings. The van der Waals surface area contributed by atoms with Crippen LogP contribution in [0.5, 0.6) is 0 Å². The first-order chi connectivity index (χ1) is 3.91. The van der Waals surface area contributed by atoms with Crippen LogP contribution in [0.25, 0.3) is 10.4 Å². The first-order valence-corrected chi connectivity index (χ1v) is 2.41. The molecule has 4 nitrogen and oxygen atoms in total. The summed E-state index contributed by atoms with van der Waals surface area (Å²) in [6.07, 6.45) is 2.81. The Balaban J connectivity index is 2.93. The average Bonchev–Trinajstić information content (AvgIpc) is 1.81. The third-order valence-corrected chi connectivity index (χ3v) is 0.670. The summed E-state index contributed by atoms with van der Waals surface area (Å²) in [5.41, 5.74) is 7.77. The van der Waals surface area contributed by atoms with Gasteiger partial charge in [-0.1, -0.05) is 5.11 Å². The topological polar surface area (TPSA) is 72.6 Å². The Kier molecular flexibility index (Phi) is 5.22. The first kappa shape index (κ1) is 6.98. The fourth-order valence-electron chi connectivity index (χ4n) is 0.309. The molecule has 0 amide bonds. The van der Waals surface area contributed by atoms with Crippen molar-refractivity contribution in [3.8, 4) is 0 Å². The molecular weight excluding hydrogens is 104 g/mol. The van der Waals surface area contributed by atoms with Gasteiger partial charge >= 0.3 is 0 Å². The molecule has 0 aromatic rings. The van der Waals surface area contributed by atoms with Gasteiger partial charge in [0, 0.05) is 11.5 Å². The molecule has 4 heteroatoms. The minimum atomic E-state index is 0.506. The second-order valence-corrected chi connectivity index (χ2v) is 1.30. The quantitative estimate of drug-likeness (QED) is 0.189. The minimum absolute atomic E-state index is 0.506. The van der Waals surface area contributed by atoms with Crippen molar-refractivity contribution >= 4 is 6.21 Å². The van der Waals surface area contributed by atoms with E-state index < -0.39 is 0 Å². The SMILES string of the molecule is [N-]=[N+]=NCCCC=N. The van der Waals surface area contributed by atoms with Crippen molar-refractivity contribution in [3.05, 3.63) is 10.4 Å². The Morgan fingerprint density at radius 1 is 1.75 bits per heavy atom. The van der Waals surface area contributed by atoms with Crippen LogP contribution in [0.1, 0.15) is 12.8 Å². The summed E-state index contributed by atoms with van der Waals surface area (Å²) in [6, 6.07) is 0. The average molecular weight is 112 g/mol. The van der Waals surface area contributed by atoms with Crippen LogP contribution >= 0.6 is 0 Å². The summed E-state index contributed by atoms with van der Waals surface area (Å²) in [4.78, 5) is 2.56. The Bertz CT molecular complexity index is 103. The summed E-state index contributed by atoms with van der Waals surface area (Å²) in [6.45, 7) is 0.506. The van der Waals surface area contributed by atoms with E-state index in [0.29, 0.717) is 13.0 Å². The molecule has 0 aliphatic heterocycles. The molecule has 0 aromatic carbocycles. The van der Waals surface area contributed by atoms with Crippen LogP contribution in [0.4, 0.5) is 0 Å². The Labute approximate surface area is 47.7 Å². The van der Waals surface area contributed by atoms with E-state index in [1.165, 1.54) is 6.21 Å². The molecule has 0 aromatic heterocycles. The van der Waals surface area contributed by atoms with E-state index >= 15 is 0 Å². The van der Waals surface area contributed by atoms with Crippen molar-refractivity contribution in [2.45, 2.75) is 12.8 Å². The predicted octanol–water partition coefficient (Wildman–Crippen LogP) is 1.73. The predicted molar refractivity (Wildman–Crippen MR) is 32.0 cm³/mol. The second kappa shape index (κ2) is 5.98. The number of nitrogens with zero attached hydrogens (tertiary/aromatic N) is 3. The number of hydrogen-bond donors (Lipinski definition) is 1. The summed E-state index contributed by atoms with van der Waals surface area (Å²) in [5.74, 6) is 0. The van der Waals surface area contributed by atoms with Crippen LogP contribution in [0.15, 0.2) is 5.11 Å². The fraction of sp³-hybridized carbons (Fsp3) is 0.750. The van der Waals surface area contributed by atoms with Gasteiger partial charge in [0.1, 0.15) is 0 Å². The molecule has 0 rings (SSSR count). The first-order valence-electron chi connectivity index (χ1n) is 2.41. The maximum absolute atomic E-state index is 7.77. The lowest BCUT2D eigenvalue weighted by Gasteiger charge is -1.82. The van der Waals surface area contributed by atoms with Crippen molar-refractivity contribution in [1.29, 1.82) is 5.41 Å². The van der Waals surface area contributed by atoms with Crippen molar-refractivity contribution in [2.75, 3.05) is 6.54 Å². The van der Waals surface area contributed by atoms with Crippen molar-refractivity contribution in [1.82, 2.24) is 0 Å². The summed E-state index contributed by atoms with van der Waals surface area (Å²) in [7, 11) is 0. The monoisotopic (exact) mass is 112 g/mol. The Morgan fingerprint density at radius 2 is 2.50 bits per heavy atom. The number of nitrogens with one attached hydrogen (secondary N) is 1. The number of hydrogen-bond acceptors (Lipinski definition) is 2. The number of unbranched alkanes of at least 4 members (excludes halogenated alkanes) is 1. The van der Waals surface area contributed by atoms with Crippen LogP contribution in [-0.4, -0.2) is 12.8 Å². The molecule has 0 heterocycles. The number of rotatable bonds is 4. The number of azide groups is 1. The van der Waals surface area contributed by atoms with E-state index in [2.05, 4.69) is 10.0 Å². The van der Waals surface area contributed by atoms with Crippen LogP contribution in [0.3, 0.4) is 0 Å². The maximum Gasteiger partial charge on any atom is 0.0261 e. The van der Waals surface area contributed by atoms with Crippen LogP contribution in [0, 0.1) is 5.41 Å². The molecule has 0 unspecified atom stereocenters. The molecule has 0 saturated carbocycles. The van der Waals surface area contributed by atoms with Gasteiger partial charge in [0.15, 0.2) is 0 Å². The Morgan fingerprint density at radius 3 is 3.00 bits per heavy atom. The van der Waals surface area contributed by atoms with Gasteiger partial charge in [-0.25, -0.2) is 0 Å². The lowest BCUT2D eigenvalue weighted by molar-refractivity contribution is 0.876. The highest BCUT2D eigenvalue weighted by Gasteiger charge is 1.77. The van der Waals surface area contributed by atoms with E-state index in [4.69, 9.17) is 10.9 Å². The molecule has 0 bridgehead atoms. The highest BCUT2D eigenvalue weighted by atomic mass is 15.1. The van der Waals surface area contributed by atoms with E-state index in [9.17, 15) is 0 Å². The van der Waals surface area contributed by atoms with E-state index in [1.807, 2.05) is 0 Å². The molecule has 44 valence electrons. The van der Waals surface area contributed by atoms with Gasteiger partial charge in [-0.15, -0.1) is 0 Å². The van der Waals surface area contributed by atoms with E-state index in [-0.39, 0.29) is 0 Å². The molecule has 0 radical (unpaired) electrons. The molecule has 0 spiro atoms. The zero-order valence-corrected chi connectivity index (χ0v) is 4.54. The van der Waals surface area contributed by atoms with Gasteiger partial charge in [0.2, 0.25) is 0 Å². The fourth-order valence-corrected chi connectivity index (χ4v) is 0.309. The largest absolute Gasteiger partial charge is 0.313 e. The molecule has 0 saturated heterocycles. The zero-order chi connectivity index (χ0) is 6.24. The zero-order valence-electron chi connectivity index (χ0n) is 4.54. The molecule has 0 aliphatic carbocycles. The van der Waals surface area contributed by atoms with E-state index in [0.717, 1.165) is 6.42 Å². The highest BCUT2D eigenvalue weighted by Crippen LogP contribution is 1.84. The van der Waals surface area contributed by atoms with Crippen LogP contribution in [0.2, 0.25) is 0 Å².